The van der Waals surface area contributed by atoms with Gasteiger partial charge in [0.2, 0.25) is 0 Å². The molecule has 0 saturated carbocycles. The van der Waals surface area contributed by atoms with E-state index in [0.29, 0.717) is 16.6 Å². The van der Waals surface area contributed by atoms with Gasteiger partial charge in [-0.15, -0.1) is 0 Å². The maximum atomic E-state index is 12.4. The summed E-state index contributed by atoms with van der Waals surface area (Å²) in [5.41, 5.74) is 1.94. The van der Waals surface area contributed by atoms with Crippen molar-refractivity contribution in [1.29, 1.82) is 0 Å². The molecule has 0 atom stereocenters. The molecule has 0 heterocycles. The Labute approximate surface area is 133 Å². The Kier molecular flexibility index (Phi) is 4.76. The summed E-state index contributed by atoms with van der Waals surface area (Å²) in [6, 6.07) is 10.2. The van der Waals surface area contributed by atoms with Crippen molar-refractivity contribution in [2.45, 2.75) is 13.5 Å². The lowest BCUT2D eigenvalue weighted by atomic mass is 10.1. The van der Waals surface area contributed by atoms with Crippen LogP contribution in [0.3, 0.4) is 0 Å². The van der Waals surface area contributed by atoms with E-state index in [4.69, 9.17) is 23.2 Å². The van der Waals surface area contributed by atoms with Crippen LogP contribution in [-0.2, 0) is 6.54 Å². The van der Waals surface area contributed by atoms with Crippen molar-refractivity contribution in [3.05, 3.63) is 63.1 Å². The molecule has 3 nitrogen and oxygen atoms in total. The maximum absolute atomic E-state index is 12.4. The molecule has 2 rings (SSSR count). The van der Waals surface area contributed by atoms with Crippen molar-refractivity contribution in [1.82, 2.24) is 4.90 Å². The molecular formula is C16H15Cl2NO2. The molecule has 0 aromatic heterocycles. The molecule has 0 unspecified atom stereocenters. The molecule has 110 valence electrons. The van der Waals surface area contributed by atoms with Gasteiger partial charge in [0.25, 0.3) is 5.91 Å². The van der Waals surface area contributed by atoms with Gasteiger partial charge in [-0.05, 0) is 30.7 Å². The minimum Gasteiger partial charge on any atom is -0.507 e. The largest absolute Gasteiger partial charge is 0.507 e. The Morgan fingerprint density at radius 2 is 1.95 bits per heavy atom. The smallest absolute Gasteiger partial charge is 0.257 e. The number of rotatable bonds is 3. The Hall–Kier alpha value is -1.71. The molecule has 0 aliphatic carbocycles. The molecule has 0 bridgehead atoms. The summed E-state index contributed by atoms with van der Waals surface area (Å²) in [7, 11) is 1.65. The molecule has 5 heteroatoms. The molecule has 1 N–H and O–H groups in total. The van der Waals surface area contributed by atoms with E-state index in [2.05, 4.69) is 0 Å². The van der Waals surface area contributed by atoms with E-state index in [0.717, 1.165) is 11.1 Å². The third-order valence-corrected chi connectivity index (χ3v) is 4.03. The van der Waals surface area contributed by atoms with E-state index >= 15 is 0 Å². The van der Waals surface area contributed by atoms with Gasteiger partial charge in [-0.3, -0.25) is 4.79 Å². The number of hydrogen-bond acceptors (Lipinski definition) is 2. The summed E-state index contributed by atoms with van der Waals surface area (Å²) in [5.74, 6) is -0.304. The standard InChI is InChI=1S/C16H15Cl2NO2/c1-10-6-7-14(20)12(8-10)16(21)19(2)9-11-4-3-5-13(17)15(11)18/h3-8,20H,9H2,1-2H3. The second-order valence-corrected chi connectivity index (χ2v) is 5.68. The van der Waals surface area contributed by atoms with E-state index in [1.165, 1.54) is 11.0 Å². The number of nitrogens with zero attached hydrogens (tertiary/aromatic N) is 1. The molecule has 2 aromatic carbocycles. The quantitative estimate of drug-likeness (QED) is 0.915. The fourth-order valence-corrected chi connectivity index (χ4v) is 2.40. The first kappa shape index (κ1) is 15.7. The summed E-state index contributed by atoms with van der Waals surface area (Å²) >= 11 is 12.1. The fraction of sp³-hybridized carbons (Fsp3) is 0.188. The van der Waals surface area contributed by atoms with Crippen molar-refractivity contribution in [2.24, 2.45) is 0 Å². The highest BCUT2D eigenvalue weighted by Gasteiger charge is 2.17. The van der Waals surface area contributed by atoms with Gasteiger partial charge in [0, 0.05) is 13.6 Å². The number of hydrogen-bond donors (Lipinski definition) is 1. The van der Waals surface area contributed by atoms with Crippen molar-refractivity contribution in [3.63, 3.8) is 0 Å². The first-order valence-corrected chi connectivity index (χ1v) is 7.13. The van der Waals surface area contributed by atoms with Gasteiger partial charge >= 0.3 is 0 Å². The number of benzene rings is 2. The Morgan fingerprint density at radius 3 is 2.67 bits per heavy atom. The van der Waals surface area contributed by atoms with Crippen molar-refractivity contribution in [2.75, 3.05) is 7.05 Å². The number of aryl methyl sites for hydroxylation is 1. The first-order chi connectivity index (χ1) is 9.90. The van der Waals surface area contributed by atoms with Gasteiger partial charge in [0.05, 0.1) is 15.6 Å². The number of phenolic OH excluding ortho intramolecular Hbond substituents is 1. The van der Waals surface area contributed by atoms with Crippen LogP contribution in [0.5, 0.6) is 5.75 Å². The Morgan fingerprint density at radius 1 is 1.24 bits per heavy atom. The lowest BCUT2D eigenvalue weighted by Gasteiger charge is -2.19. The molecule has 0 fully saturated rings. The highest BCUT2D eigenvalue weighted by molar-refractivity contribution is 6.42. The third-order valence-electron chi connectivity index (χ3n) is 3.17. The maximum Gasteiger partial charge on any atom is 0.257 e. The lowest BCUT2D eigenvalue weighted by Crippen LogP contribution is -2.26. The van der Waals surface area contributed by atoms with Crippen LogP contribution in [0.1, 0.15) is 21.5 Å². The molecular weight excluding hydrogens is 309 g/mol. The number of phenols is 1. The zero-order chi connectivity index (χ0) is 15.6. The monoisotopic (exact) mass is 323 g/mol. The summed E-state index contributed by atoms with van der Waals surface area (Å²) < 4.78 is 0. The summed E-state index contributed by atoms with van der Waals surface area (Å²) in [6.07, 6.45) is 0. The average molecular weight is 324 g/mol. The number of halogens is 2. The van der Waals surface area contributed by atoms with E-state index in [-0.39, 0.29) is 17.2 Å². The van der Waals surface area contributed by atoms with Gasteiger partial charge in [-0.25, -0.2) is 0 Å². The van der Waals surface area contributed by atoms with E-state index in [1.807, 2.05) is 13.0 Å². The highest BCUT2D eigenvalue weighted by Crippen LogP contribution is 2.27. The lowest BCUT2D eigenvalue weighted by molar-refractivity contribution is 0.0782. The molecule has 0 aliphatic heterocycles. The predicted molar refractivity (Wildman–Crippen MR) is 85.1 cm³/mol. The zero-order valence-electron chi connectivity index (χ0n) is 11.7. The average Bonchev–Trinajstić information content (AvgIpc) is 2.45. The van der Waals surface area contributed by atoms with Gasteiger partial charge in [0.1, 0.15) is 5.75 Å². The highest BCUT2D eigenvalue weighted by atomic mass is 35.5. The molecule has 0 radical (unpaired) electrons. The fourth-order valence-electron chi connectivity index (χ4n) is 2.02. The van der Waals surface area contributed by atoms with Crippen LogP contribution in [0.2, 0.25) is 10.0 Å². The molecule has 0 spiro atoms. The van der Waals surface area contributed by atoms with Gasteiger partial charge in [-0.2, -0.15) is 0 Å². The molecule has 0 aliphatic rings. The number of carbonyl (C=O) groups excluding carboxylic acids is 1. The van der Waals surface area contributed by atoms with E-state index < -0.39 is 0 Å². The van der Waals surface area contributed by atoms with Crippen LogP contribution in [0.4, 0.5) is 0 Å². The van der Waals surface area contributed by atoms with Gasteiger partial charge < -0.3 is 10.0 Å². The molecule has 21 heavy (non-hydrogen) atoms. The second kappa shape index (κ2) is 6.37. The minimum atomic E-state index is -0.271. The van der Waals surface area contributed by atoms with Crippen LogP contribution in [0.25, 0.3) is 0 Å². The SMILES string of the molecule is Cc1ccc(O)c(C(=O)N(C)Cc2cccc(Cl)c2Cl)c1. The van der Waals surface area contributed by atoms with Crippen LogP contribution < -0.4 is 0 Å². The summed E-state index contributed by atoms with van der Waals surface area (Å²) in [6.45, 7) is 2.18. The third kappa shape index (κ3) is 3.49. The van der Waals surface area contributed by atoms with E-state index in [1.54, 1.807) is 31.3 Å². The van der Waals surface area contributed by atoms with Crippen molar-refractivity contribution < 1.29 is 9.90 Å². The predicted octanol–water partition coefficient (Wildman–Crippen LogP) is 4.28. The van der Waals surface area contributed by atoms with Crippen molar-refractivity contribution in [3.8, 4) is 5.75 Å². The van der Waals surface area contributed by atoms with Crippen LogP contribution >= 0.6 is 23.2 Å². The Bertz CT molecular complexity index is 686. The summed E-state index contributed by atoms with van der Waals surface area (Å²) in [5, 5.41) is 10.7. The zero-order valence-corrected chi connectivity index (χ0v) is 13.2. The molecule has 2 aromatic rings. The number of amides is 1. The number of aromatic hydroxyl groups is 1. The van der Waals surface area contributed by atoms with E-state index in [9.17, 15) is 9.90 Å². The molecule has 0 saturated heterocycles. The Balaban J connectivity index is 2.24. The van der Waals surface area contributed by atoms with Crippen LogP contribution in [0, 0.1) is 6.92 Å². The molecule has 1 amide bonds. The first-order valence-electron chi connectivity index (χ1n) is 6.38. The van der Waals surface area contributed by atoms with Crippen LogP contribution in [-0.4, -0.2) is 23.0 Å². The normalized spacial score (nSPS) is 10.5. The minimum absolute atomic E-state index is 0.0327. The van der Waals surface area contributed by atoms with Gasteiger partial charge in [-0.1, -0.05) is 47.0 Å². The summed E-state index contributed by atoms with van der Waals surface area (Å²) in [4.78, 5) is 13.9. The topological polar surface area (TPSA) is 40.5 Å². The van der Waals surface area contributed by atoms with Gasteiger partial charge in [0.15, 0.2) is 0 Å². The van der Waals surface area contributed by atoms with Crippen LogP contribution in [0.15, 0.2) is 36.4 Å². The number of carbonyl (C=O) groups is 1. The van der Waals surface area contributed by atoms with Crippen molar-refractivity contribution >= 4 is 29.1 Å². The second-order valence-electron chi connectivity index (χ2n) is 4.89.